The number of carbonyl (C=O) groups excluding carboxylic acids is 1. The number of allylic oxidation sites excluding steroid dienone is 1. The Morgan fingerprint density at radius 2 is 1.64 bits per heavy atom. The summed E-state index contributed by atoms with van der Waals surface area (Å²) < 4.78 is 39.4. The zero-order valence-electron chi connectivity index (χ0n) is 11.7. The van der Waals surface area contributed by atoms with Gasteiger partial charge in [0.25, 0.3) is 0 Å². The van der Waals surface area contributed by atoms with Gasteiger partial charge in [0.15, 0.2) is 5.78 Å². The molecule has 2 rings (SSSR count). The third-order valence-electron chi connectivity index (χ3n) is 2.68. The highest BCUT2D eigenvalue weighted by molar-refractivity contribution is 7.86. The first kappa shape index (κ1) is 15.9. The van der Waals surface area contributed by atoms with Crippen LogP contribution in [-0.4, -0.2) is 20.5 Å². The van der Waals surface area contributed by atoms with Crippen LogP contribution >= 0.6 is 0 Å². The Bertz CT molecular complexity index is 791. The van der Waals surface area contributed by atoms with E-state index in [-0.39, 0.29) is 17.3 Å². The third-order valence-corrected chi connectivity index (χ3v) is 3.18. The molecule has 0 aliphatic rings. The maximum atomic E-state index is 12.8. The molecule has 4 nitrogen and oxygen atoms in total. The highest BCUT2D eigenvalue weighted by atomic mass is 32.2. The number of hydrogen-bond donors (Lipinski definition) is 0. The first-order chi connectivity index (χ1) is 10.3. The molecule has 0 saturated carbocycles. The minimum absolute atomic E-state index is 0.140. The molecule has 0 atom stereocenters. The van der Waals surface area contributed by atoms with Gasteiger partial charge in [-0.25, -0.2) is 4.39 Å². The van der Waals surface area contributed by atoms with Crippen LogP contribution in [-0.2, 0) is 10.1 Å². The van der Waals surface area contributed by atoms with Gasteiger partial charge in [0, 0.05) is 5.56 Å². The maximum Gasteiger partial charge on any atom is 0.306 e. The zero-order chi connectivity index (χ0) is 16.2. The molecule has 0 unspecified atom stereocenters. The molecule has 6 heteroatoms. The smallest absolute Gasteiger partial charge is 0.306 e. The average molecular weight is 320 g/mol. The van der Waals surface area contributed by atoms with Gasteiger partial charge in [0.1, 0.15) is 11.6 Å². The summed E-state index contributed by atoms with van der Waals surface area (Å²) in [5.41, 5.74) is 1.09. The minimum Gasteiger partial charge on any atom is -0.383 e. The van der Waals surface area contributed by atoms with Crippen molar-refractivity contribution in [1.29, 1.82) is 0 Å². The average Bonchev–Trinajstić information content (AvgIpc) is 2.45. The molecule has 22 heavy (non-hydrogen) atoms. The fraction of sp³-hybridized carbons (Fsp3) is 0.0625. The van der Waals surface area contributed by atoms with Crippen LogP contribution < -0.4 is 4.18 Å². The van der Waals surface area contributed by atoms with Gasteiger partial charge in [0.05, 0.1) is 6.26 Å². The normalized spacial score (nSPS) is 11.5. The molecular weight excluding hydrogens is 307 g/mol. The van der Waals surface area contributed by atoms with E-state index in [2.05, 4.69) is 4.18 Å². The Kier molecular flexibility index (Phi) is 4.72. The molecule has 0 fully saturated rings. The summed E-state index contributed by atoms with van der Waals surface area (Å²) >= 11 is 0. The number of halogens is 1. The SMILES string of the molecule is CS(=O)(=O)Oc1ccc(C(=O)/C=C/c2ccc(F)cc2)cc1. The van der Waals surface area contributed by atoms with Crippen molar-refractivity contribution in [2.45, 2.75) is 0 Å². The summed E-state index contributed by atoms with van der Waals surface area (Å²) in [4.78, 5) is 12.0. The number of hydrogen-bond acceptors (Lipinski definition) is 4. The predicted molar refractivity (Wildman–Crippen MR) is 81.7 cm³/mol. The van der Waals surface area contributed by atoms with Crippen molar-refractivity contribution in [3.05, 3.63) is 71.6 Å². The largest absolute Gasteiger partial charge is 0.383 e. The van der Waals surface area contributed by atoms with Gasteiger partial charge in [-0.1, -0.05) is 18.2 Å². The zero-order valence-corrected chi connectivity index (χ0v) is 12.5. The van der Waals surface area contributed by atoms with Crippen LogP contribution in [0.3, 0.4) is 0 Å². The number of rotatable bonds is 5. The highest BCUT2D eigenvalue weighted by Crippen LogP contribution is 2.15. The lowest BCUT2D eigenvalue weighted by Crippen LogP contribution is -2.05. The molecule has 0 spiro atoms. The van der Waals surface area contributed by atoms with Gasteiger partial charge in [-0.2, -0.15) is 8.42 Å². The molecule has 0 amide bonds. The summed E-state index contributed by atoms with van der Waals surface area (Å²) in [6.07, 6.45) is 3.87. The molecule has 0 aliphatic heterocycles. The van der Waals surface area contributed by atoms with E-state index >= 15 is 0 Å². The van der Waals surface area contributed by atoms with Gasteiger partial charge < -0.3 is 4.18 Å². The van der Waals surface area contributed by atoms with Crippen LogP contribution in [0.25, 0.3) is 6.08 Å². The first-order valence-electron chi connectivity index (χ1n) is 6.31. The molecule has 0 N–H and O–H groups in total. The third kappa shape index (κ3) is 4.82. The van der Waals surface area contributed by atoms with Gasteiger partial charge in [0.2, 0.25) is 0 Å². The topological polar surface area (TPSA) is 60.4 Å². The van der Waals surface area contributed by atoms with Crippen molar-refractivity contribution >= 4 is 22.0 Å². The molecule has 0 saturated heterocycles. The van der Waals surface area contributed by atoms with Gasteiger partial charge in [-0.3, -0.25) is 4.79 Å². The molecule has 0 bridgehead atoms. The Labute approximate surface area is 128 Å². The van der Waals surface area contributed by atoms with Crippen LogP contribution in [0.5, 0.6) is 5.75 Å². The number of benzene rings is 2. The van der Waals surface area contributed by atoms with Gasteiger partial charge in [-0.15, -0.1) is 0 Å². The molecule has 0 radical (unpaired) electrons. The quantitative estimate of drug-likeness (QED) is 0.482. The van der Waals surface area contributed by atoms with E-state index in [0.717, 1.165) is 6.26 Å². The second-order valence-electron chi connectivity index (χ2n) is 4.56. The molecule has 0 heterocycles. The van der Waals surface area contributed by atoms with E-state index in [9.17, 15) is 17.6 Å². The minimum atomic E-state index is -3.59. The van der Waals surface area contributed by atoms with Gasteiger partial charge in [-0.05, 0) is 48.0 Å². The van der Waals surface area contributed by atoms with E-state index in [0.29, 0.717) is 11.1 Å². The fourth-order valence-electron chi connectivity index (χ4n) is 1.69. The second-order valence-corrected chi connectivity index (χ2v) is 6.14. The van der Waals surface area contributed by atoms with Crippen molar-refractivity contribution in [1.82, 2.24) is 0 Å². The lowest BCUT2D eigenvalue weighted by molar-refractivity contribution is 0.104. The summed E-state index contributed by atoms with van der Waals surface area (Å²) in [5.74, 6) is -0.457. The molecule has 0 aliphatic carbocycles. The van der Waals surface area contributed by atoms with E-state index < -0.39 is 10.1 Å². The van der Waals surface area contributed by atoms with E-state index in [1.54, 1.807) is 18.2 Å². The summed E-state index contributed by atoms with van der Waals surface area (Å²) in [6, 6.07) is 11.5. The van der Waals surface area contributed by atoms with E-state index in [1.807, 2.05) is 0 Å². The predicted octanol–water partition coefficient (Wildman–Crippen LogP) is 3.06. The first-order valence-corrected chi connectivity index (χ1v) is 8.13. The Hall–Kier alpha value is -2.47. The maximum absolute atomic E-state index is 12.8. The van der Waals surface area contributed by atoms with E-state index in [1.165, 1.54) is 42.5 Å². The lowest BCUT2D eigenvalue weighted by atomic mass is 10.1. The lowest BCUT2D eigenvalue weighted by Gasteiger charge is -2.03. The Balaban J connectivity index is 2.08. The second kappa shape index (κ2) is 6.53. The molecule has 114 valence electrons. The van der Waals surface area contributed by atoms with Crippen LogP contribution in [0.2, 0.25) is 0 Å². The summed E-state index contributed by atoms with van der Waals surface area (Å²) in [6.45, 7) is 0. The Morgan fingerprint density at radius 1 is 1.05 bits per heavy atom. The van der Waals surface area contributed by atoms with E-state index in [4.69, 9.17) is 0 Å². The van der Waals surface area contributed by atoms with Crippen molar-refractivity contribution in [3.8, 4) is 5.75 Å². The van der Waals surface area contributed by atoms with Crippen molar-refractivity contribution < 1.29 is 21.8 Å². The van der Waals surface area contributed by atoms with Crippen LogP contribution in [0.4, 0.5) is 4.39 Å². The van der Waals surface area contributed by atoms with Gasteiger partial charge >= 0.3 is 10.1 Å². The Morgan fingerprint density at radius 3 is 2.18 bits per heavy atom. The monoisotopic (exact) mass is 320 g/mol. The number of carbonyl (C=O) groups is 1. The fourth-order valence-corrected chi connectivity index (χ4v) is 2.15. The van der Waals surface area contributed by atoms with Crippen LogP contribution in [0.15, 0.2) is 54.6 Å². The molecule has 2 aromatic carbocycles. The summed E-state index contributed by atoms with van der Waals surface area (Å²) in [7, 11) is -3.59. The highest BCUT2D eigenvalue weighted by Gasteiger charge is 2.06. The molecule has 0 aromatic heterocycles. The molecule has 2 aromatic rings. The molecular formula is C16H13FO4S. The number of ketones is 1. The standard InChI is InChI=1S/C16H13FO4S/c1-22(19,20)21-15-9-5-13(6-10-15)16(18)11-4-12-2-7-14(17)8-3-12/h2-11H,1H3/b11-4+. The van der Waals surface area contributed by atoms with Crippen molar-refractivity contribution in [2.75, 3.05) is 6.26 Å². The summed E-state index contributed by atoms with van der Waals surface area (Å²) in [5, 5.41) is 0. The van der Waals surface area contributed by atoms with Crippen LogP contribution in [0.1, 0.15) is 15.9 Å². The van der Waals surface area contributed by atoms with Crippen molar-refractivity contribution in [2.24, 2.45) is 0 Å². The van der Waals surface area contributed by atoms with Crippen molar-refractivity contribution in [3.63, 3.8) is 0 Å². The van der Waals surface area contributed by atoms with Crippen LogP contribution in [0, 0.1) is 5.82 Å².